The Morgan fingerprint density at radius 3 is 2.18 bits per heavy atom. The van der Waals surface area contributed by atoms with Gasteiger partial charge in [-0.1, -0.05) is 84.6 Å². The third kappa shape index (κ3) is 5.46. The van der Waals surface area contributed by atoms with Gasteiger partial charge in [0.1, 0.15) is 0 Å². The summed E-state index contributed by atoms with van der Waals surface area (Å²) in [6.07, 6.45) is 1.93. The number of fused-ring (bicyclic) bond motifs is 1. The fourth-order valence-corrected chi connectivity index (χ4v) is 6.38. The predicted octanol–water partition coefficient (Wildman–Crippen LogP) is 5.76. The maximum absolute atomic E-state index is 12.6. The molecule has 6 heteroatoms. The molecule has 3 aromatic carbocycles. The quantitative estimate of drug-likeness (QED) is 0.347. The van der Waals surface area contributed by atoms with E-state index in [1.807, 2.05) is 18.2 Å². The highest BCUT2D eigenvalue weighted by atomic mass is 32.2. The first-order chi connectivity index (χ1) is 16.3. The van der Waals surface area contributed by atoms with Crippen molar-refractivity contribution in [1.82, 2.24) is 15.2 Å². The maximum atomic E-state index is 12.6. The van der Waals surface area contributed by atoms with Gasteiger partial charge in [-0.2, -0.15) is 0 Å². The second kappa shape index (κ2) is 10.5. The molecule has 4 aromatic rings. The van der Waals surface area contributed by atoms with Crippen LogP contribution in [0.25, 0.3) is 10.2 Å². The third-order valence-corrected chi connectivity index (χ3v) is 8.27. The summed E-state index contributed by atoms with van der Waals surface area (Å²) in [6, 6.07) is 30.0. The van der Waals surface area contributed by atoms with Crippen LogP contribution in [0, 0.1) is 0 Å². The van der Waals surface area contributed by atoms with Gasteiger partial charge in [0.05, 0.1) is 22.0 Å². The van der Waals surface area contributed by atoms with Crippen molar-refractivity contribution in [3.63, 3.8) is 0 Å². The number of thioether (sulfide) groups is 1. The Balaban J connectivity index is 1.16. The van der Waals surface area contributed by atoms with Crippen LogP contribution in [0.5, 0.6) is 0 Å². The van der Waals surface area contributed by atoms with Crippen molar-refractivity contribution in [3.05, 3.63) is 96.1 Å². The van der Waals surface area contributed by atoms with E-state index in [4.69, 9.17) is 0 Å². The van der Waals surface area contributed by atoms with Crippen LogP contribution in [0.15, 0.2) is 89.3 Å². The van der Waals surface area contributed by atoms with E-state index in [9.17, 15) is 4.79 Å². The Hall–Kier alpha value is -2.67. The largest absolute Gasteiger partial charge is 0.353 e. The molecule has 0 radical (unpaired) electrons. The number of rotatable bonds is 7. The number of piperidine rings is 1. The highest BCUT2D eigenvalue weighted by molar-refractivity contribution is 8.01. The number of nitrogens with one attached hydrogen (secondary N) is 1. The van der Waals surface area contributed by atoms with E-state index >= 15 is 0 Å². The van der Waals surface area contributed by atoms with Crippen LogP contribution in [-0.2, 0) is 4.79 Å². The number of likely N-dealkylation sites (tertiary alicyclic amines) is 1. The van der Waals surface area contributed by atoms with Gasteiger partial charge in [0.25, 0.3) is 0 Å². The summed E-state index contributed by atoms with van der Waals surface area (Å²) in [5, 5.41) is 3.25. The zero-order valence-electron chi connectivity index (χ0n) is 18.4. The van der Waals surface area contributed by atoms with Crippen molar-refractivity contribution in [1.29, 1.82) is 0 Å². The molecule has 168 valence electrons. The number of aromatic nitrogens is 1. The van der Waals surface area contributed by atoms with E-state index in [1.54, 1.807) is 11.3 Å². The third-order valence-electron chi connectivity index (χ3n) is 6.09. The maximum Gasteiger partial charge on any atom is 0.230 e. The summed E-state index contributed by atoms with van der Waals surface area (Å²) in [4.78, 5) is 19.7. The zero-order chi connectivity index (χ0) is 22.5. The van der Waals surface area contributed by atoms with Crippen molar-refractivity contribution in [3.8, 4) is 0 Å². The molecule has 1 amide bonds. The summed E-state index contributed by atoms with van der Waals surface area (Å²) >= 11 is 3.18. The first kappa shape index (κ1) is 22.1. The fraction of sp³-hybridized carbons (Fsp3) is 0.259. The minimum Gasteiger partial charge on any atom is -0.353 e. The van der Waals surface area contributed by atoms with Crippen molar-refractivity contribution in [2.75, 3.05) is 18.8 Å². The molecule has 0 saturated carbocycles. The molecule has 2 heterocycles. The summed E-state index contributed by atoms with van der Waals surface area (Å²) in [5.41, 5.74) is 3.64. The van der Waals surface area contributed by atoms with Crippen molar-refractivity contribution in [2.45, 2.75) is 29.3 Å². The highest BCUT2D eigenvalue weighted by Crippen LogP contribution is 2.31. The minimum atomic E-state index is 0.0976. The molecule has 4 nitrogen and oxygen atoms in total. The Kier molecular flexibility index (Phi) is 7.05. The lowest BCUT2D eigenvalue weighted by Gasteiger charge is -2.38. The van der Waals surface area contributed by atoms with Crippen LogP contribution in [0.1, 0.15) is 30.0 Å². The van der Waals surface area contributed by atoms with Crippen LogP contribution < -0.4 is 5.32 Å². The molecule has 1 saturated heterocycles. The number of carbonyl (C=O) groups is 1. The number of benzene rings is 3. The molecule has 0 spiro atoms. The van der Waals surface area contributed by atoms with Gasteiger partial charge in [0.2, 0.25) is 5.91 Å². The lowest BCUT2D eigenvalue weighted by atomic mass is 9.94. The standard InChI is InChI=1S/C27H27N3OS2/c31-25(19-32-27-29-23-13-7-8-14-24(23)33-27)28-22-15-17-30(18-16-22)26(20-9-3-1-4-10-20)21-11-5-2-6-12-21/h1-14,22,26H,15-19H2,(H,28,31). The number of nitrogens with zero attached hydrogens (tertiary/aromatic N) is 2. The molecular weight excluding hydrogens is 446 g/mol. The van der Waals surface area contributed by atoms with E-state index in [0.29, 0.717) is 5.75 Å². The summed E-state index contributed by atoms with van der Waals surface area (Å²) in [5.74, 6) is 0.511. The molecule has 33 heavy (non-hydrogen) atoms. The molecule has 1 aliphatic rings. The average Bonchev–Trinajstić information content (AvgIpc) is 3.29. The lowest BCUT2D eigenvalue weighted by Crippen LogP contribution is -2.46. The Labute approximate surface area is 203 Å². The summed E-state index contributed by atoms with van der Waals surface area (Å²) in [7, 11) is 0. The van der Waals surface area contributed by atoms with Gasteiger partial charge in [-0.05, 0) is 36.1 Å². The molecule has 1 N–H and O–H groups in total. The summed E-state index contributed by atoms with van der Waals surface area (Å²) < 4.78 is 2.12. The van der Waals surface area contributed by atoms with E-state index in [0.717, 1.165) is 35.8 Å². The van der Waals surface area contributed by atoms with Gasteiger partial charge < -0.3 is 5.32 Å². The SMILES string of the molecule is O=C(CSc1nc2ccccc2s1)NC1CCN(C(c2ccccc2)c2ccccc2)CC1. The normalized spacial score (nSPS) is 15.2. The topological polar surface area (TPSA) is 45.2 Å². The molecule has 1 aromatic heterocycles. The van der Waals surface area contributed by atoms with E-state index in [-0.39, 0.29) is 18.0 Å². The Bertz CT molecular complexity index is 1120. The number of thiazole rings is 1. The van der Waals surface area contributed by atoms with Gasteiger partial charge in [-0.25, -0.2) is 4.98 Å². The van der Waals surface area contributed by atoms with E-state index < -0.39 is 0 Å². The molecule has 5 rings (SSSR count). The zero-order valence-corrected chi connectivity index (χ0v) is 20.0. The molecule has 0 bridgehead atoms. The number of hydrogen-bond acceptors (Lipinski definition) is 5. The number of carbonyl (C=O) groups excluding carboxylic acids is 1. The van der Waals surface area contributed by atoms with Crippen LogP contribution in [-0.4, -0.2) is 40.7 Å². The van der Waals surface area contributed by atoms with Crippen LogP contribution in [0.2, 0.25) is 0 Å². The van der Waals surface area contributed by atoms with Crippen LogP contribution >= 0.6 is 23.1 Å². The molecule has 0 unspecified atom stereocenters. The minimum absolute atomic E-state index is 0.0976. The molecular formula is C27H27N3OS2. The number of amides is 1. The molecule has 1 aliphatic heterocycles. The number of hydrogen-bond donors (Lipinski definition) is 1. The smallest absolute Gasteiger partial charge is 0.230 e. The van der Waals surface area contributed by atoms with E-state index in [2.05, 4.69) is 81.9 Å². The molecule has 0 atom stereocenters. The lowest BCUT2D eigenvalue weighted by molar-refractivity contribution is -0.119. The molecule has 1 fully saturated rings. The van der Waals surface area contributed by atoms with Gasteiger partial charge in [0.15, 0.2) is 4.34 Å². The van der Waals surface area contributed by atoms with Crippen molar-refractivity contribution < 1.29 is 4.79 Å². The van der Waals surface area contributed by atoms with Crippen LogP contribution in [0.3, 0.4) is 0 Å². The highest BCUT2D eigenvalue weighted by Gasteiger charge is 2.28. The van der Waals surface area contributed by atoms with Crippen molar-refractivity contribution >= 4 is 39.2 Å². The van der Waals surface area contributed by atoms with Crippen LogP contribution in [0.4, 0.5) is 0 Å². The fourth-order valence-electron chi connectivity index (χ4n) is 4.50. The monoisotopic (exact) mass is 473 g/mol. The second-order valence-electron chi connectivity index (χ2n) is 8.34. The van der Waals surface area contributed by atoms with Gasteiger partial charge in [-0.3, -0.25) is 9.69 Å². The van der Waals surface area contributed by atoms with E-state index in [1.165, 1.54) is 27.6 Å². The van der Waals surface area contributed by atoms with Crippen molar-refractivity contribution in [2.24, 2.45) is 0 Å². The Morgan fingerprint density at radius 2 is 1.55 bits per heavy atom. The summed E-state index contributed by atoms with van der Waals surface area (Å²) in [6.45, 7) is 1.93. The average molecular weight is 474 g/mol. The van der Waals surface area contributed by atoms with Gasteiger partial charge in [-0.15, -0.1) is 11.3 Å². The Morgan fingerprint density at radius 1 is 0.939 bits per heavy atom. The van der Waals surface area contributed by atoms with Gasteiger partial charge in [0, 0.05) is 19.1 Å². The first-order valence-electron chi connectivity index (χ1n) is 11.4. The first-order valence-corrected chi connectivity index (χ1v) is 13.2. The van der Waals surface area contributed by atoms with Gasteiger partial charge >= 0.3 is 0 Å². The second-order valence-corrected chi connectivity index (χ2v) is 10.6. The molecule has 0 aliphatic carbocycles. The number of para-hydroxylation sites is 1. The predicted molar refractivity (Wildman–Crippen MR) is 138 cm³/mol.